The second kappa shape index (κ2) is 9.19. The lowest BCUT2D eigenvalue weighted by Gasteiger charge is -2.36. The van der Waals surface area contributed by atoms with Gasteiger partial charge < -0.3 is 19.1 Å². The molecule has 0 radical (unpaired) electrons. The number of methoxy groups -OCH3 is 1. The number of nitrogens with zero attached hydrogens (tertiary/aromatic N) is 3. The standard InChI is InChI=1S/C21H24F3N3O5/c1-12-9-26(10-13(2)31-12)19(28)14(3)32-20(29)18-17(30-4)11-27(25-18)16-7-5-6-15(8-16)21(22,23)24/h5-8,11-14H,9-10H2,1-4H3. The van der Waals surface area contributed by atoms with Gasteiger partial charge in [0.2, 0.25) is 5.69 Å². The van der Waals surface area contributed by atoms with E-state index in [2.05, 4.69) is 5.10 Å². The number of carbonyl (C=O) groups excluding carboxylic acids is 2. The van der Waals surface area contributed by atoms with Crippen molar-refractivity contribution < 1.29 is 37.0 Å². The topological polar surface area (TPSA) is 82.9 Å². The van der Waals surface area contributed by atoms with E-state index < -0.39 is 23.8 Å². The van der Waals surface area contributed by atoms with Crippen molar-refractivity contribution in [1.82, 2.24) is 14.7 Å². The lowest BCUT2D eigenvalue weighted by atomic mass is 10.2. The molecule has 1 saturated heterocycles. The van der Waals surface area contributed by atoms with Gasteiger partial charge in [0.15, 0.2) is 11.9 Å². The summed E-state index contributed by atoms with van der Waals surface area (Å²) in [6.07, 6.45) is -4.64. The number of halogens is 3. The third-order valence-electron chi connectivity index (χ3n) is 4.89. The summed E-state index contributed by atoms with van der Waals surface area (Å²) < 4.78 is 56.1. The third kappa shape index (κ3) is 5.21. The number of aromatic nitrogens is 2. The Labute approximate surface area is 182 Å². The van der Waals surface area contributed by atoms with Gasteiger partial charge in [-0.25, -0.2) is 9.48 Å². The van der Waals surface area contributed by atoms with E-state index in [4.69, 9.17) is 14.2 Å². The van der Waals surface area contributed by atoms with Gasteiger partial charge >= 0.3 is 12.1 Å². The lowest BCUT2D eigenvalue weighted by molar-refractivity contribution is -0.151. The largest absolute Gasteiger partial charge is 0.493 e. The van der Waals surface area contributed by atoms with Crippen LogP contribution < -0.4 is 4.74 Å². The van der Waals surface area contributed by atoms with Crippen molar-refractivity contribution in [2.24, 2.45) is 0 Å². The molecule has 3 atom stereocenters. The van der Waals surface area contributed by atoms with E-state index in [0.29, 0.717) is 13.1 Å². The van der Waals surface area contributed by atoms with Gasteiger partial charge in [-0.05, 0) is 39.0 Å². The zero-order valence-corrected chi connectivity index (χ0v) is 18.0. The van der Waals surface area contributed by atoms with Crippen LogP contribution in [-0.4, -0.2) is 65.1 Å². The monoisotopic (exact) mass is 455 g/mol. The summed E-state index contributed by atoms with van der Waals surface area (Å²) >= 11 is 0. The van der Waals surface area contributed by atoms with Crippen LogP contribution in [0.3, 0.4) is 0 Å². The Morgan fingerprint density at radius 3 is 2.47 bits per heavy atom. The fourth-order valence-corrected chi connectivity index (χ4v) is 3.49. The van der Waals surface area contributed by atoms with Gasteiger partial charge in [-0.3, -0.25) is 4.79 Å². The molecule has 8 nitrogen and oxygen atoms in total. The maximum Gasteiger partial charge on any atom is 0.416 e. The van der Waals surface area contributed by atoms with Crippen molar-refractivity contribution in [2.75, 3.05) is 20.2 Å². The van der Waals surface area contributed by atoms with Gasteiger partial charge in [0.25, 0.3) is 5.91 Å². The van der Waals surface area contributed by atoms with Crippen molar-refractivity contribution in [3.8, 4) is 11.4 Å². The van der Waals surface area contributed by atoms with Crippen LogP contribution in [-0.2, 0) is 20.4 Å². The van der Waals surface area contributed by atoms with E-state index in [1.165, 1.54) is 32.4 Å². The van der Waals surface area contributed by atoms with E-state index in [-0.39, 0.29) is 35.2 Å². The van der Waals surface area contributed by atoms with Gasteiger partial charge in [0.1, 0.15) is 0 Å². The number of amides is 1. The Balaban J connectivity index is 1.77. The molecule has 0 bridgehead atoms. The molecule has 11 heteroatoms. The Kier molecular flexibility index (Phi) is 6.77. The molecule has 2 aromatic rings. The van der Waals surface area contributed by atoms with Crippen molar-refractivity contribution in [1.29, 1.82) is 0 Å². The molecule has 1 aromatic carbocycles. The Hall–Kier alpha value is -3.08. The summed E-state index contributed by atoms with van der Waals surface area (Å²) in [4.78, 5) is 26.9. The fourth-order valence-electron chi connectivity index (χ4n) is 3.49. The molecular formula is C21H24F3N3O5. The maximum atomic E-state index is 13.0. The number of rotatable bonds is 5. The number of benzene rings is 1. The second-order valence-electron chi connectivity index (χ2n) is 7.59. The smallest absolute Gasteiger partial charge is 0.416 e. The Morgan fingerprint density at radius 2 is 1.88 bits per heavy atom. The van der Waals surface area contributed by atoms with Crippen molar-refractivity contribution >= 4 is 11.9 Å². The highest BCUT2D eigenvalue weighted by atomic mass is 19.4. The maximum absolute atomic E-state index is 13.0. The third-order valence-corrected chi connectivity index (χ3v) is 4.89. The fraction of sp³-hybridized carbons (Fsp3) is 0.476. The molecule has 1 fully saturated rings. The summed E-state index contributed by atoms with van der Waals surface area (Å²) in [7, 11) is 1.29. The van der Waals surface area contributed by atoms with Crippen LogP contribution in [0.2, 0.25) is 0 Å². The molecule has 2 heterocycles. The molecule has 174 valence electrons. The minimum Gasteiger partial charge on any atom is -0.493 e. The van der Waals surface area contributed by atoms with Crippen LogP contribution in [0.15, 0.2) is 30.5 Å². The number of hydrogen-bond donors (Lipinski definition) is 0. The zero-order chi connectivity index (χ0) is 23.6. The number of carbonyl (C=O) groups is 2. The van der Waals surface area contributed by atoms with Gasteiger partial charge in [-0.2, -0.15) is 18.3 Å². The van der Waals surface area contributed by atoms with Crippen LogP contribution in [0, 0.1) is 0 Å². The van der Waals surface area contributed by atoms with Crippen LogP contribution in [0.25, 0.3) is 5.69 Å². The predicted octanol–water partition coefficient (Wildman–Crippen LogP) is 3.08. The highest BCUT2D eigenvalue weighted by Gasteiger charge is 2.33. The highest BCUT2D eigenvalue weighted by molar-refractivity contribution is 5.93. The minimum absolute atomic E-state index is 0.000627. The summed E-state index contributed by atoms with van der Waals surface area (Å²) in [6, 6.07) is 4.47. The summed E-state index contributed by atoms with van der Waals surface area (Å²) in [5.74, 6) is -1.31. The average Bonchev–Trinajstić information content (AvgIpc) is 3.16. The normalized spacial score (nSPS) is 20.0. The van der Waals surface area contributed by atoms with Gasteiger partial charge in [-0.1, -0.05) is 6.07 Å². The number of hydrogen-bond acceptors (Lipinski definition) is 6. The lowest BCUT2D eigenvalue weighted by Crippen LogP contribution is -2.51. The van der Waals surface area contributed by atoms with E-state index >= 15 is 0 Å². The highest BCUT2D eigenvalue weighted by Crippen LogP contribution is 2.31. The molecule has 1 aliphatic heterocycles. The Morgan fingerprint density at radius 1 is 1.22 bits per heavy atom. The van der Waals surface area contributed by atoms with Gasteiger partial charge in [0.05, 0.1) is 36.8 Å². The first-order chi connectivity index (χ1) is 15.0. The van der Waals surface area contributed by atoms with Crippen molar-refractivity contribution in [2.45, 2.75) is 45.3 Å². The predicted molar refractivity (Wildman–Crippen MR) is 107 cm³/mol. The van der Waals surface area contributed by atoms with E-state index in [1.807, 2.05) is 13.8 Å². The van der Waals surface area contributed by atoms with Crippen molar-refractivity contribution in [3.05, 3.63) is 41.7 Å². The molecule has 1 amide bonds. The molecule has 0 N–H and O–H groups in total. The summed E-state index contributed by atoms with van der Waals surface area (Å²) in [5, 5.41) is 4.03. The quantitative estimate of drug-likeness (QED) is 0.645. The molecule has 1 aliphatic rings. The molecule has 0 aliphatic carbocycles. The Bertz CT molecular complexity index is 981. The molecule has 3 unspecified atom stereocenters. The van der Waals surface area contributed by atoms with Crippen LogP contribution in [0.4, 0.5) is 13.2 Å². The molecule has 1 aromatic heterocycles. The SMILES string of the molecule is COc1cn(-c2cccc(C(F)(F)F)c2)nc1C(=O)OC(C)C(=O)N1CC(C)OC(C)C1. The molecule has 32 heavy (non-hydrogen) atoms. The number of ether oxygens (including phenoxy) is 3. The average molecular weight is 455 g/mol. The van der Waals surface area contributed by atoms with Crippen LogP contribution >= 0.6 is 0 Å². The van der Waals surface area contributed by atoms with Crippen molar-refractivity contribution in [3.63, 3.8) is 0 Å². The number of alkyl halides is 3. The van der Waals surface area contributed by atoms with E-state index in [9.17, 15) is 22.8 Å². The van der Waals surface area contributed by atoms with Gasteiger partial charge in [0, 0.05) is 13.1 Å². The minimum atomic E-state index is -4.53. The number of morpholine rings is 1. The van der Waals surface area contributed by atoms with Crippen LogP contribution in [0.1, 0.15) is 36.8 Å². The van der Waals surface area contributed by atoms with E-state index in [0.717, 1.165) is 16.8 Å². The molecule has 0 spiro atoms. The van der Waals surface area contributed by atoms with Gasteiger partial charge in [-0.15, -0.1) is 0 Å². The zero-order valence-electron chi connectivity index (χ0n) is 18.0. The summed E-state index contributed by atoms with van der Waals surface area (Å²) in [5.41, 5.74) is -1.03. The van der Waals surface area contributed by atoms with Crippen LogP contribution in [0.5, 0.6) is 5.75 Å². The first-order valence-electron chi connectivity index (χ1n) is 9.96. The summed E-state index contributed by atoms with van der Waals surface area (Å²) in [6.45, 7) is 5.88. The first-order valence-corrected chi connectivity index (χ1v) is 9.96. The van der Waals surface area contributed by atoms with E-state index in [1.54, 1.807) is 4.90 Å². The second-order valence-corrected chi connectivity index (χ2v) is 7.59. The molecule has 0 saturated carbocycles. The first kappa shape index (κ1) is 23.6. The molecule has 3 rings (SSSR count). The molecular weight excluding hydrogens is 431 g/mol. The number of esters is 1.